The summed E-state index contributed by atoms with van der Waals surface area (Å²) in [7, 11) is 6.83. The second-order valence-electron chi connectivity index (χ2n) is 10.5. The molecule has 1 aromatic carbocycles. The van der Waals surface area contributed by atoms with Crippen LogP contribution in [-0.2, 0) is 0 Å². The minimum atomic E-state index is -0.0416. The Hall–Kier alpha value is -0.430. The highest BCUT2D eigenvalue weighted by Gasteiger charge is 2.39. The number of benzene rings is 1. The van der Waals surface area contributed by atoms with Crippen molar-refractivity contribution in [3.63, 3.8) is 0 Å². The first-order valence-corrected chi connectivity index (χ1v) is 14.1. The zero-order valence-corrected chi connectivity index (χ0v) is 21.6. The van der Waals surface area contributed by atoms with Crippen molar-refractivity contribution in [1.82, 2.24) is 9.80 Å². The fraction of sp³-hybridized carbons (Fsp3) is 0.778. The lowest BCUT2D eigenvalue weighted by molar-refractivity contribution is 0.263. The maximum absolute atomic E-state index is 2.78. The number of aryl methyl sites for hydroxylation is 3. The lowest BCUT2D eigenvalue weighted by Crippen LogP contribution is -2.36. The molecule has 1 aromatic rings. The molecule has 0 aromatic heterocycles. The highest BCUT2D eigenvalue weighted by atomic mass is 31.1. The molecule has 0 aliphatic heterocycles. The fourth-order valence-electron chi connectivity index (χ4n) is 6.13. The molecule has 1 atom stereocenters. The second-order valence-corrected chi connectivity index (χ2v) is 13.3. The molecule has 0 heterocycles. The van der Waals surface area contributed by atoms with Gasteiger partial charge in [0.1, 0.15) is 0 Å². The van der Waals surface area contributed by atoms with Gasteiger partial charge in [-0.1, -0.05) is 64.1 Å². The van der Waals surface area contributed by atoms with E-state index in [1.165, 1.54) is 87.4 Å². The van der Waals surface area contributed by atoms with Crippen LogP contribution in [0.5, 0.6) is 0 Å². The predicted octanol–water partition coefficient (Wildman–Crippen LogP) is 7.25. The van der Waals surface area contributed by atoms with Crippen molar-refractivity contribution in [2.24, 2.45) is 0 Å². The molecule has 2 nitrogen and oxygen atoms in total. The van der Waals surface area contributed by atoms with Crippen LogP contribution in [0.1, 0.15) is 92.2 Å². The summed E-state index contributed by atoms with van der Waals surface area (Å²) in [6.07, 6.45) is 14.8. The summed E-state index contributed by atoms with van der Waals surface area (Å²) < 4.78 is 0. The molecular weight excluding hydrogens is 383 g/mol. The molecule has 3 heteroatoms. The van der Waals surface area contributed by atoms with Crippen LogP contribution in [0.25, 0.3) is 0 Å². The Morgan fingerprint density at radius 2 is 1.23 bits per heavy atom. The van der Waals surface area contributed by atoms with Gasteiger partial charge in [-0.25, -0.2) is 0 Å². The molecule has 0 radical (unpaired) electrons. The zero-order valence-electron chi connectivity index (χ0n) is 20.7. The third kappa shape index (κ3) is 6.08. The van der Waals surface area contributed by atoms with Gasteiger partial charge in [-0.05, 0) is 95.6 Å². The second kappa shape index (κ2) is 11.4. The van der Waals surface area contributed by atoms with Crippen LogP contribution >= 0.6 is 7.92 Å². The van der Waals surface area contributed by atoms with Crippen LogP contribution in [0.15, 0.2) is 12.1 Å². The topological polar surface area (TPSA) is 6.48 Å². The molecule has 0 N–H and O–H groups in total. The average molecular weight is 431 g/mol. The maximum Gasteiger partial charge on any atom is 0.0555 e. The van der Waals surface area contributed by atoms with Crippen molar-refractivity contribution in [3.05, 3.63) is 34.4 Å². The summed E-state index contributed by atoms with van der Waals surface area (Å²) in [4.78, 5) is 5.13. The Labute approximate surface area is 188 Å². The van der Waals surface area contributed by atoms with E-state index in [0.717, 1.165) is 17.9 Å². The largest absolute Gasteiger partial charge is 0.308 e. The van der Waals surface area contributed by atoms with Crippen LogP contribution in [0.4, 0.5) is 0 Å². The monoisotopic (exact) mass is 430 g/mol. The van der Waals surface area contributed by atoms with Gasteiger partial charge >= 0.3 is 0 Å². The zero-order chi connectivity index (χ0) is 21.7. The highest BCUT2D eigenvalue weighted by Crippen LogP contribution is 2.65. The number of nitrogens with zero attached hydrogens (tertiary/aromatic N) is 2. The Kier molecular flexibility index (Phi) is 9.23. The van der Waals surface area contributed by atoms with Gasteiger partial charge in [0.05, 0.1) is 5.78 Å². The van der Waals surface area contributed by atoms with Crippen molar-refractivity contribution in [2.75, 3.05) is 34.2 Å². The average Bonchev–Trinajstić information content (AvgIpc) is 2.72. The summed E-state index contributed by atoms with van der Waals surface area (Å²) in [5, 5.41) is 0. The van der Waals surface area contributed by atoms with Gasteiger partial charge in [0.15, 0.2) is 0 Å². The van der Waals surface area contributed by atoms with Crippen LogP contribution in [0.2, 0.25) is 0 Å². The molecule has 2 saturated carbocycles. The third-order valence-electron chi connectivity index (χ3n) is 7.59. The number of hydrogen-bond donors (Lipinski definition) is 0. The van der Waals surface area contributed by atoms with Gasteiger partial charge in [0.25, 0.3) is 0 Å². The molecule has 2 aliphatic carbocycles. The van der Waals surface area contributed by atoms with Crippen molar-refractivity contribution in [1.29, 1.82) is 0 Å². The van der Waals surface area contributed by atoms with E-state index in [1.54, 1.807) is 5.56 Å². The van der Waals surface area contributed by atoms with Crippen LogP contribution < -0.4 is 0 Å². The number of rotatable bonds is 8. The maximum atomic E-state index is 2.78. The molecule has 0 saturated heterocycles. The molecule has 0 amide bonds. The standard InChI is InChI=1S/C27H47N2P/c1-21-19-22(2)26(23(3)20-21)27(29(6)18-17-28(4)5)30(24-13-9-7-10-14-24)25-15-11-8-12-16-25/h19-20,24-25,27H,7-18H2,1-6H3. The lowest BCUT2D eigenvalue weighted by Gasteiger charge is -2.47. The van der Waals surface area contributed by atoms with Crippen molar-refractivity contribution >= 4 is 7.92 Å². The molecule has 0 spiro atoms. The van der Waals surface area contributed by atoms with E-state index >= 15 is 0 Å². The third-order valence-corrected chi connectivity index (χ3v) is 11.5. The Bertz CT molecular complexity index is 618. The molecule has 1 unspecified atom stereocenters. The van der Waals surface area contributed by atoms with Crippen LogP contribution in [0.3, 0.4) is 0 Å². The Balaban J connectivity index is 2.03. The summed E-state index contributed by atoms with van der Waals surface area (Å²) in [6, 6.07) is 4.90. The molecule has 3 rings (SSSR count). The molecule has 2 fully saturated rings. The Morgan fingerprint density at radius 1 is 0.767 bits per heavy atom. The summed E-state index contributed by atoms with van der Waals surface area (Å²) >= 11 is 0. The van der Waals surface area contributed by atoms with E-state index in [2.05, 4.69) is 63.8 Å². The van der Waals surface area contributed by atoms with Gasteiger partial charge < -0.3 is 4.90 Å². The fourth-order valence-corrected chi connectivity index (χ4v) is 10.7. The smallest absolute Gasteiger partial charge is 0.0555 e. The molecule has 0 bridgehead atoms. The first kappa shape index (κ1) is 24.2. The number of likely N-dealkylation sites (N-methyl/N-ethyl adjacent to an activating group) is 2. The quantitative estimate of drug-likeness (QED) is 0.401. The summed E-state index contributed by atoms with van der Waals surface area (Å²) in [5.74, 6) is 0.631. The first-order chi connectivity index (χ1) is 14.4. The van der Waals surface area contributed by atoms with Gasteiger partial charge in [-0.15, -0.1) is 0 Å². The van der Waals surface area contributed by atoms with Crippen molar-refractivity contribution < 1.29 is 0 Å². The first-order valence-electron chi connectivity index (χ1n) is 12.6. The molecule has 170 valence electrons. The Morgan fingerprint density at radius 3 is 1.67 bits per heavy atom. The normalized spacial score (nSPS) is 20.4. The van der Waals surface area contributed by atoms with Gasteiger partial charge in [-0.2, -0.15) is 0 Å². The minimum Gasteiger partial charge on any atom is -0.308 e. The summed E-state index contributed by atoms with van der Waals surface area (Å²) in [5.41, 5.74) is 8.13. The van der Waals surface area contributed by atoms with E-state index < -0.39 is 0 Å². The van der Waals surface area contributed by atoms with E-state index in [0.29, 0.717) is 5.78 Å². The van der Waals surface area contributed by atoms with Gasteiger partial charge in [0.2, 0.25) is 0 Å². The van der Waals surface area contributed by atoms with E-state index in [9.17, 15) is 0 Å². The van der Waals surface area contributed by atoms with Crippen molar-refractivity contribution in [3.8, 4) is 0 Å². The summed E-state index contributed by atoms with van der Waals surface area (Å²) in [6.45, 7) is 9.35. The highest BCUT2D eigenvalue weighted by molar-refractivity contribution is 7.59. The predicted molar refractivity (Wildman–Crippen MR) is 135 cm³/mol. The van der Waals surface area contributed by atoms with Crippen LogP contribution in [-0.4, -0.2) is 55.4 Å². The number of hydrogen-bond acceptors (Lipinski definition) is 2. The van der Waals surface area contributed by atoms with Gasteiger partial charge in [-0.3, -0.25) is 4.90 Å². The van der Waals surface area contributed by atoms with Gasteiger partial charge in [0, 0.05) is 13.1 Å². The molecular formula is C27H47N2P. The van der Waals surface area contributed by atoms with E-state index in [4.69, 9.17) is 0 Å². The van der Waals surface area contributed by atoms with Crippen LogP contribution in [0, 0.1) is 20.8 Å². The minimum absolute atomic E-state index is 0.0416. The SMILES string of the molecule is Cc1cc(C)c(C(N(C)CCN(C)C)P(C2CCCCC2)C2CCCCC2)c(C)c1. The van der Waals surface area contributed by atoms with Crippen molar-refractivity contribution in [2.45, 2.75) is 102 Å². The molecule has 30 heavy (non-hydrogen) atoms. The van der Waals surface area contributed by atoms with E-state index in [1.807, 2.05) is 0 Å². The lowest BCUT2D eigenvalue weighted by atomic mass is 9.98. The van der Waals surface area contributed by atoms with E-state index in [-0.39, 0.29) is 7.92 Å². The molecule has 2 aliphatic rings.